The number of hydrogen-bond donors (Lipinski definition) is 3. The van der Waals surface area contributed by atoms with Gasteiger partial charge < -0.3 is 25.4 Å². The van der Waals surface area contributed by atoms with Gasteiger partial charge in [0.05, 0.1) is 6.04 Å². The van der Waals surface area contributed by atoms with E-state index in [0.717, 1.165) is 31.2 Å². The number of aldehydes is 1. The topological polar surface area (TPSA) is 116 Å². The molecule has 0 radical (unpaired) electrons. The minimum Gasteiger partial charge on any atom is -0.465 e. The summed E-state index contributed by atoms with van der Waals surface area (Å²) in [5.74, 6) is -0.359. The molecule has 0 aromatic heterocycles. The van der Waals surface area contributed by atoms with Gasteiger partial charge in [-0.15, -0.1) is 0 Å². The third-order valence-corrected chi connectivity index (χ3v) is 5.76. The second-order valence-corrected chi connectivity index (χ2v) is 8.27. The van der Waals surface area contributed by atoms with E-state index in [0.29, 0.717) is 25.2 Å². The fourth-order valence-corrected chi connectivity index (χ4v) is 4.01. The van der Waals surface area contributed by atoms with Crippen molar-refractivity contribution >= 4 is 24.2 Å². The standard InChI is InChI=1S/C23H33N3O5/c1-26(15-18-10-6-3-7-11-18)21(28)13-12-19(16-27)24-22(29)20(25-23(30)31)14-17-8-4-2-5-9-17/h3,6-7,10-11,16-17,19-20,25H,2,4-5,8-9,12-15H2,1H3,(H,24,29)(H,30,31). The van der Waals surface area contributed by atoms with Crippen molar-refractivity contribution in [2.75, 3.05) is 7.05 Å². The second-order valence-electron chi connectivity index (χ2n) is 8.27. The SMILES string of the molecule is CN(Cc1ccccc1)C(=O)CCC(C=O)NC(=O)C(CC1CCCCC1)NC(=O)O. The van der Waals surface area contributed by atoms with Crippen LogP contribution >= 0.6 is 0 Å². The van der Waals surface area contributed by atoms with Crippen molar-refractivity contribution in [2.24, 2.45) is 5.92 Å². The predicted octanol–water partition coefficient (Wildman–Crippen LogP) is 2.72. The number of carbonyl (C=O) groups excluding carboxylic acids is 3. The molecule has 3 amide bonds. The summed E-state index contributed by atoms with van der Waals surface area (Å²) in [6, 6.07) is 7.83. The molecular formula is C23H33N3O5. The Morgan fingerprint density at radius 3 is 2.42 bits per heavy atom. The van der Waals surface area contributed by atoms with Crippen LogP contribution in [0.5, 0.6) is 0 Å². The van der Waals surface area contributed by atoms with Gasteiger partial charge in [0.1, 0.15) is 12.3 Å². The van der Waals surface area contributed by atoms with Crippen molar-refractivity contribution in [1.82, 2.24) is 15.5 Å². The Morgan fingerprint density at radius 2 is 1.81 bits per heavy atom. The number of carbonyl (C=O) groups is 4. The van der Waals surface area contributed by atoms with Crippen LogP contribution < -0.4 is 10.6 Å². The Labute approximate surface area is 183 Å². The molecule has 0 heterocycles. The van der Waals surface area contributed by atoms with Crippen molar-refractivity contribution in [3.8, 4) is 0 Å². The molecule has 0 aliphatic heterocycles. The van der Waals surface area contributed by atoms with Crippen molar-refractivity contribution in [2.45, 2.75) is 70.0 Å². The van der Waals surface area contributed by atoms with Gasteiger partial charge in [-0.25, -0.2) is 4.79 Å². The monoisotopic (exact) mass is 431 g/mol. The van der Waals surface area contributed by atoms with Gasteiger partial charge in [0.25, 0.3) is 0 Å². The molecular weight excluding hydrogens is 398 g/mol. The molecule has 8 nitrogen and oxygen atoms in total. The van der Waals surface area contributed by atoms with Gasteiger partial charge in [-0.2, -0.15) is 0 Å². The van der Waals surface area contributed by atoms with Crippen LogP contribution in [0.4, 0.5) is 4.79 Å². The fraction of sp³-hybridized carbons (Fsp3) is 0.565. The van der Waals surface area contributed by atoms with E-state index in [9.17, 15) is 19.2 Å². The molecule has 1 aliphatic carbocycles. The Morgan fingerprint density at radius 1 is 1.13 bits per heavy atom. The van der Waals surface area contributed by atoms with Gasteiger partial charge in [-0.05, 0) is 24.3 Å². The molecule has 1 aromatic carbocycles. The van der Waals surface area contributed by atoms with Crippen molar-refractivity contribution in [3.05, 3.63) is 35.9 Å². The van der Waals surface area contributed by atoms with Crippen LogP contribution in [0.3, 0.4) is 0 Å². The first-order valence-corrected chi connectivity index (χ1v) is 10.9. The highest BCUT2D eigenvalue weighted by Gasteiger charge is 2.27. The lowest BCUT2D eigenvalue weighted by molar-refractivity contribution is -0.131. The first-order chi connectivity index (χ1) is 14.9. The van der Waals surface area contributed by atoms with Crippen LogP contribution in [-0.2, 0) is 20.9 Å². The van der Waals surface area contributed by atoms with E-state index < -0.39 is 24.1 Å². The Kier molecular flexibility index (Phi) is 10.00. The Balaban J connectivity index is 1.85. The van der Waals surface area contributed by atoms with Gasteiger partial charge in [-0.3, -0.25) is 9.59 Å². The van der Waals surface area contributed by atoms with E-state index in [4.69, 9.17) is 5.11 Å². The first-order valence-electron chi connectivity index (χ1n) is 10.9. The van der Waals surface area contributed by atoms with Gasteiger partial charge in [0.2, 0.25) is 11.8 Å². The number of amides is 3. The number of rotatable bonds is 11. The zero-order chi connectivity index (χ0) is 22.6. The minimum absolute atomic E-state index is 0.104. The molecule has 0 spiro atoms. The lowest BCUT2D eigenvalue weighted by Gasteiger charge is -2.26. The van der Waals surface area contributed by atoms with E-state index in [1.54, 1.807) is 11.9 Å². The molecule has 0 saturated heterocycles. The molecule has 0 bridgehead atoms. The summed E-state index contributed by atoms with van der Waals surface area (Å²) in [5.41, 5.74) is 1.00. The van der Waals surface area contributed by atoms with Crippen molar-refractivity contribution < 1.29 is 24.3 Å². The molecule has 170 valence electrons. The maximum atomic E-state index is 12.7. The van der Waals surface area contributed by atoms with E-state index >= 15 is 0 Å². The summed E-state index contributed by atoms with van der Waals surface area (Å²) in [5, 5.41) is 14.0. The van der Waals surface area contributed by atoms with Crippen LogP contribution in [0, 0.1) is 5.92 Å². The highest BCUT2D eigenvalue weighted by atomic mass is 16.4. The molecule has 31 heavy (non-hydrogen) atoms. The summed E-state index contributed by atoms with van der Waals surface area (Å²) >= 11 is 0. The van der Waals surface area contributed by atoms with Crippen LogP contribution in [-0.4, -0.2) is 53.3 Å². The summed E-state index contributed by atoms with van der Waals surface area (Å²) in [6.07, 6.45) is 5.31. The Bertz CT molecular complexity index is 734. The number of hydrogen-bond acceptors (Lipinski definition) is 4. The van der Waals surface area contributed by atoms with Crippen molar-refractivity contribution in [3.63, 3.8) is 0 Å². The van der Waals surface area contributed by atoms with Gasteiger partial charge in [-0.1, -0.05) is 62.4 Å². The summed E-state index contributed by atoms with van der Waals surface area (Å²) < 4.78 is 0. The van der Waals surface area contributed by atoms with E-state index in [1.807, 2.05) is 30.3 Å². The third-order valence-electron chi connectivity index (χ3n) is 5.76. The summed E-state index contributed by atoms with van der Waals surface area (Å²) in [6.45, 7) is 0.462. The normalized spacial score (nSPS) is 16.0. The lowest BCUT2D eigenvalue weighted by atomic mass is 9.84. The smallest absolute Gasteiger partial charge is 0.405 e. The average Bonchev–Trinajstić information content (AvgIpc) is 2.76. The second kappa shape index (κ2) is 12.7. The predicted molar refractivity (Wildman–Crippen MR) is 116 cm³/mol. The van der Waals surface area contributed by atoms with Gasteiger partial charge >= 0.3 is 6.09 Å². The summed E-state index contributed by atoms with van der Waals surface area (Å²) in [7, 11) is 1.70. The van der Waals surface area contributed by atoms with Crippen LogP contribution in [0.15, 0.2) is 30.3 Å². The van der Waals surface area contributed by atoms with E-state index in [1.165, 1.54) is 6.42 Å². The zero-order valence-corrected chi connectivity index (χ0v) is 18.1. The first kappa shape index (κ1) is 24.4. The molecule has 3 N–H and O–H groups in total. The molecule has 2 atom stereocenters. The molecule has 1 aromatic rings. The van der Waals surface area contributed by atoms with E-state index in [2.05, 4.69) is 10.6 Å². The number of benzene rings is 1. The van der Waals surface area contributed by atoms with Crippen LogP contribution in [0.2, 0.25) is 0 Å². The maximum absolute atomic E-state index is 12.7. The Hall–Kier alpha value is -2.90. The highest BCUT2D eigenvalue weighted by molar-refractivity contribution is 5.87. The molecule has 1 fully saturated rings. The number of nitrogens with zero attached hydrogens (tertiary/aromatic N) is 1. The van der Waals surface area contributed by atoms with Gasteiger partial charge in [0.15, 0.2) is 0 Å². The number of carboxylic acid groups (broad SMARTS) is 1. The maximum Gasteiger partial charge on any atom is 0.405 e. The zero-order valence-electron chi connectivity index (χ0n) is 18.1. The van der Waals surface area contributed by atoms with Crippen LogP contribution in [0.25, 0.3) is 0 Å². The quantitative estimate of drug-likeness (QED) is 0.466. The van der Waals surface area contributed by atoms with E-state index in [-0.39, 0.29) is 18.7 Å². The fourth-order valence-electron chi connectivity index (χ4n) is 4.01. The third kappa shape index (κ3) is 8.78. The van der Waals surface area contributed by atoms with Gasteiger partial charge in [0, 0.05) is 20.0 Å². The van der Waals surface area contributed by atoms with Crippen LogP contribution in [0.1, 0.15) is 56.9 Å². The number of nitrogens with one attached hydrogen (secondary N) is 2. The molecule has 2 unspecified atom stereocenters. The highest BCUT2D eigenvalue weighted by Crippen LogP contribution is 2.27. The molecule has 1 saturated carbocycles. The average molecular weight is 432 g/mol. The summed E-state index contributed by atoms with van der Waals surface area (Å²) in [4.78, 5) is 49.2. The lowest BCUT2D eigenvalue weighted by Crippen LogP contribution is -2.50. The molecule has 8 heteroatoms. The molecule has 2 rings (SSSR count). The molecule has 1 aliphatic rings. The van der Waals surface area contributed by atoms with Crippen molar-refractivity contribution in [1.29, 1.82) is 0 Å². The minimum atomic E-state index is -1.27. The largest absolute Gasteiger partial charge is 0.465 e.